The standard InChI is InChI=1S/C11H13NO2/c1-12(2)9-8-11(13)14-10-6-4-3-5-7-10/h3-9H,1-2H3. The first-order chi connectivity index (χ1) is 6.68. The summed E-state index contributed by atoms with van der Waals surface area (Å²) in [4.78, 5) is 13.0. The Morgan fingerprint density at radius 3 is 2.50 bits per heavy atom. The Hall–Kier alpha value is -1.77. The summed E-state index contributed by atoms with van der Waals surface area (Å²) in [6, 6.07) is 8.98. The van der Waals surface area contributed by atoms with Crippen molar-refractivity contribution in [1.29, 1.82) is 0 Å². The lowest BCUT2D eigenvalue weighted by Crippen LogP contribution is -2.07. The molecule has 14 heavy (non-hydrogen) atoms. The molecule has 0 saturated heterocycles. The maximum absolute atomic E-state index is 11.2. The van der Waals surface area contributed by atoms with Gasteiger partial charge in [0.1, 0.15) is 5.75 Å². The molecule has 0 aliphatic carbocycles. The number of hydrogen-bond acceptors (Lipinski definition) is 3. The van der Waals surface area contributed by atoms with Crippen LogP contribution in [-0.2, 0) is 4.79 Å². The van der Waals surface area contributed by atoms with Crippen LogP contribution in [0.3, 0.4) is 0 Å². The minimum atomic E-state index is -0.370. The van der Waals surface area contributed by atoms with E-state index >= 15 is 0 Å². The van der Waals surface area contributed by atoms with E-state index in [4.69, 9.17) is 4.74 Å². The molecule has 0 aromatic heterocycles. The van der Waals surface area contributed by atoms with E-state index in [9.17, 15) is 4.79 Å². The normalized spacial score (nSPS) is 10.1. The zero-order valence-corrected chi connectivity index (χ0v) is 8.31. The molecule has 1 rings (SSSR count). The minimum Gasteiger partial charge on any atom is -0.423 e. The van der Waals surface area contributed by atoms with Crippen molar-refractivity contribution in [3.63, 3.8) is 0 Å². The van der Waals surface area contributed by atoms with E-state index in [1.165, 1.54) is 6.08 Å². The van der Waals surface area contributed by atoms with E-state index in [1.807, 2.05) is 32.3 Å². The highest BCUT2D eigenvalue weighted by Gasteiger charge is 1.98. The molecule has 0 spiro atoms. The number of benzene rings is 1. The van der Waals surface area contributed by atoms with Crippen LogP contribution in [0, 0.1) is 0 Å². The van der Waals surface area contributed by atoms with Crippen LogP contribution in [0.15, 0.2) is 42.6 Å². The number of nitrogens with zero attached hydrogens (tertiary/aromatic N) is 1. The Morgan fingerprint density at radius 2 is 1.93 bits per heavy atom. The summed E-state index contributed by atoms with van der Waals surface area (Å²) in [6.45, 7) is 0. The first-order valence-corrected chi connectivity index (χ1v) is 4.30. The summed E-state index contributed by atoms with van der Waals surface area (Å²) in [5.41, 5.74) is 0. The third-order valence-corrected chi connectivity index (χ3v) is 1.47. The van der Waals surface area contributed by atoms with Crippen LogP contribution >= 0.6 is 0 Å². The van der Waals surface area contributed by atoms with Crippen LogP contribution in [0.25, 0.3) is 0 Å². The van der Waals surface area contributed by atoms with Crippen LogP contribution in [-0.4, -0.2) is 25.0 Å². The maximum atomic E-state index is 11.2. The first-order valence-electron chi connectivity index (χ1n) is 4.30. The highest BCUT2D eigenvalue weighted by molar-refractivity contribution is 5.83. The second-order valence-electron chi connectivity index (χ2n) is 3.01. The second-order valence-corrected chi connectivity index (χ2v) is 3.01. The molecule has 0 atom stereocenters. The van der Waals surface area contributed by atoms with Crippen molar-refractivity contribution >= 4 is 5.97 Å². The fourth-order valence-electron chi connectivity index (χ4n) is 0.849. The summed E-state index contributed by atoms with van der Waals surface area (Å²) < 4.78 is 5.01. The summed E-state index contributed by atoms with van der Waals surface area (Å²) in [5.74, 6) is 0.186. The molecular weight excluding hydrogens is 178 g/mol. The molecule has 0 radical (unpaired) electrons. The molecular formula is C11H13NO2. The molecule has 0 aliphatic rings. The van der Waals surface area contributed by atoms with Gasteiger partial charge in [0.2, 0.25) is 0 Å². The lowest BCUT2D eigenvalue weighted by atomic mass is 10.3. The number of carbonyl (C=O) groups is 1. The van der Waals surface area contributed by atoms with Gasteiger partial charge < -0.3 is 9.64 Å². The van der Waals surface area contributed by atoms with Crippen molar-refractivity contribution < 1.29 is 9.53 Å². The lowest BCUT2D eigenvalue weighted by Gasteiger charge is -2.03. The van der Waals surface area contributed by atoms with Crippen LogP contribution in [0.2, 0.25) is 0 Å². The molecule has 0 heterocycles. The van der Waals surface area contributed by atoms with Gasteiger partial charge in [-0.05, 0) is 12.1 Å². The van der Waals surface area contributed by atoms with Gasteiger partial charge in [-0.25, -0.2) is 4.79 Å². The average molecular weight is 191 g/mol. The molecule has 1 aromatic rings. The Bertz CT molecular complexity index is 317. The highest BCUT2D eigenvalue weighted by Crippen LogP contribution is 2.08. The summed E-state index contributed by atoms with van der Waals surface area (Å²) in [6.07, 6.45) is 3.03. The number of hydrogen-bond donors (Lipinski definition) is 0. The Morgan fingerprint density at radius 1 is 1.29 bits per heavy atom. The number of rotatable bonds is 3. The summed E-state index contributed by atoms with van der Waals surface area (Å²) in [5, 5.41) is 0. The van der Waals surface area contributed by atoms with Gasteiger partial charge in [-0.15, -0.1) is 0 Å². The van der Waals surface area contributed by atoms with Crippen LogP contribution in [0.5, 0.6) is 5.75 Å². The van der Waals surface area contributed by atoms with Gasteiger partial charge >= 0.3 is 5.97 Å². The SMILES string of the molecule is CN(C)C=CC(=O)Oc1ccccc1. The van der Waals surface area contributed by atoms with Crippen molar-refractivity contribution in [2.24, 2.45) is 0 Å². The number of carbonyl (C=O) groups excluding carboxylic acids is 1. The number of ether oxygens (including phenoxy) is 1. The maximum Gasteiger partial charge on any atom is 0.337 e. The molecule has 3 nitrogen and oxygen atoms in total. The van der Waals surface area contributed by atoms with E-state index in [0.29, 0.717) is 5.75 Å². The van der Waals surface area contributed by atoms with E-state index in [0.717, 1.165) is 0 Å². The predicted molar refractivity (Wildman–Crippen MR) is 54.9 cm³/mol. The van der Waals surface area contributed by atoms with E-state index in [2.05, 4.69) is 0 Å². The molecule has 0 fully saturated rings. The van der Waals surface area contributed by atoms with Gasteiger partial charge in [-0.2, -0.15) is 0 Å². The number of para-hydroxylation sites is 1. The van der Waals surface area contributed by atoms with Crippen molar-refractivity contribution in [3.05, 3.63) is 42.6 Å². The van der Waals surface area contributed by atoms with Crippen molar-refractivity contribution in [2.75, 3.05) is 14.1 Å². The van der Waals surface area contributed by atoms with Gasteiger partial charge in [0.05, 0.1) is 0 Å². The number of esters is 1. The van der Waals surface area contributed by atoms with Crippen molar-refractivity contribution in [2.45, 2.75) is 0 Å². The largest absolute Gasteiger partial charge is 0.423 e. The molecule has 0 aliphatic heterocycles. The monoisotopic (exact) mass is 191 g/mol. The molecule has 0 unspecified atom stereocenters. The van der Waals surface area contributed by atoms with E-state index in [-0.39, 0.29) is 5.97 Å². The minimum absolute atomic E-state index is 0.370. The van der Waals surface area contributed by atoms with Crippen molar-refractivity contribution in [3.8, 4) is 5.75 Å². The van der Waals surface area contributed by atoms with Crippen LogP contribution in [0.1, 0.15) is 0 Å². The quantitative estimate of drug-likeness (QED) is 0.413. The molecule has 74 valence electrons. The zero-order chi connectivity index (χ0) is 10.4. The zero-order valence-electron chi connectivity index (χ0n) is 8.31. The molecule has 3 heteroatoms. The van der Waals surface area contributed by atoms with Gasteiger partial charge in [0.25, 0.3) is 0 Å². The second kappa shape index (κ2) is 5.07. The Kier molecular flexibility index (Phi) is 3.73. The fourth-order valence-corrected chi connectivity index (χ4v) is 0.849. The van der Waals surface area contributed by atoms with Crippen LogP contribution < -0.4 is 4.74 Å². The smallest absolute Gasteiger partial charge is 0.337 e. The Balaban J connectivity index is 2.50. The molecule has 0 N–H and O–H groups in total. The molecule has 1 aromatic carbocycles. The van der Waals surface area contributed by atoms with Gasteiger partial charge in [0.15, 0.2) is 0 Å². The Labute approximate surface area is 83.6 Å². The first kappa shape index (κ1) is 10.3. The molecule has 0 saturated carbocycles. The van der Waals surface area contributed by atoms with Gasteiger partial charge in [-0.1, -0.05) is 18.2 Å². The molecule has 0 amide bonds. The average Bonchev–Trinajstić information content (AvgIpc) is 2.16. The third-order valence-electron chi connectivity index (χ3n) is 1.47. The van der Waals surface area contributed by atoms with E-state index < -0.39 is 0 Å². The summed E-state index contributed by atoms with van der Waals surface area (Å²) >= 11 is 0. The van der Waals surface area contributed by atoms with E-state index in [1.54, 1.807) is 23.2 Å². The van der Waals surface area contributed by atoms with Crippen molar-refractivity contribution in [1.82, 2.24) is 4.90 Å². The highest BCUT2D eigenvalue weighted by atomic mass is 16.5. The molecule has 0 bridgehead atoms. The lowest BCUT2D eigenvalue weighted by molar-refractivity contribution is -0.129. The predicted octanol–water partition coefficient (Wildman–Crippen LogP) is 1.67. The van der Waals surface area contributed by atoms with Crippen LogP contribution in [0.4, 0.5) is 0 Å². The summed E-state index contributed by atoms with van der Waals surface area (Å²) in [7, 11) is 3.68. The fraction of sp³-hybridized carbons (Fsp3) is 0.182. The van der Waals surface area contributed by atoms with Gasteiger partial charge in [-0.3, -0.25) is 0 Å². The topological polar surface area (TPSA) is 29.5 Å². The van der Waals surface area contributed by atoms with Gasteiger partial charge in [0, 0.05) is 26.4 Å². The third kappa shape index (κ3) is 3.76.